The first kappa shape index (κ1) is 13.8. The molecular formula is C14H13ClFN5. The van der Waals surface area contributed by atoms with Crippen molar-refractivity contribution in [3.63, 3.8) is 0 Å². The van der Waals surface area contributed by atoms with E-state index in [4.69, 9.17) is 11.6 Å². The van der Waals surface area contributed by atoms with Crippen LogP contribution in [0.25, 0.3) is 5.69 Å². The summed E-state index contributed by atoms with van der Waals surface area (Å²) in [4.78, 5) is 0. The normalized spacial score (nSPS) is 11.0. The van der Waals surface area contributed by atoms with Crippen LogP contribution in [0.3, 0.4) is 0 Å². The van der Waals surface area contributed by atoms with Gasteiger partial charge in [0, 0.05) is 18.9 Å². The van der Waals surface area contributed by atoms with E-state index < -0.39 is 5.82 Å². The standard InChI is InChI=1S/C14H13ClFN5/c1-20-11(6-7-17-20)3-2-10-9-21(19-18-10)12-4-5-14(16)13(15)8-12/h4-9H,2-3H2,1H3. The van der Waals surface area contributed by atoms with Gasteiger partial charge in [0.1, 0.15) is 5.82 Å². The zero-order valence-electron chi connectivity index (χ0n) is 11.4. The molecule has 108 valence electrons. The van der Waals surface area contributed by atoms with E-state index in [0.29, 0.717) is 5.69 Å². The summed E-state index contributed by atoms with van der Waals surface area (Å²) in [5.41, 5.74) is 2.67. The Morgan fingerprint density at radius 1 is 1.24 bits per heavy atom. The van der Waals surface area contributed by atoms with Gasteiger partial charge in [-0.2, -0.15) is 5.10 Å². The van der Waals surface area contributed by atoms with Gasteiger partial charge in [-0.15, -0.1) is 5.10 Å². The number of hydrogen-bond acceptors (Lipinski definition) is 3. The van der Waals surface area contributed by atoms with Crippen molar-refractivity contribution in [2.45, 2.75) is 12.8 Å². The summed E-state index contributed by atoms with van der Waals surface area (Å²) in [6.07, 6.45) is 5.18. The molecule has 7 heteroatoms. The zero-order valence-corrected chi connectivity index (χ0v) is 12.1. The van der Waals surface area contributed by atoms with E-state index in [1.54, 1.807) is 16.9 Å². The van der Waals surface area contributed by atoms with Crippen molar-refractivity contribution in [2.75, 3.05) is 0 Å². The Kier molecular flexibility index (Phi) is 3.70. The molecule has 0 spiro atoms. The molecule has 2 aromatic heterocycles. The van der Waals surface area contributed by atoms with Crippen LogP contribution >= 0.6 is 11.6 Å². The Balaban J connectivity index is 1.74. The first-order valence-electron chi connectivity index (χ1n) is 6.47. The number of nitrogens with zero attached hydrogens (tertiary/aromatic N) is 5. The van der Waals surface area contributed by atoms with E-state index >= 15 is 0 Å². The topological polar surface area (TPSA) is 48.5 Å². The second-order valence-electron chi connectivity index (χ2n) is 4.70. The lowest BCUT2D eigenvalue weighted by Gasteiger charge is -2.01. The molecule has 0 N–H and O–H groups in total. The largest absolute Gasteiger partial charge is 0.273 e. The number of benzene rings is 1. The van der Waals surface area contributed by atoms with E-state index in [0.717, 1.165) is 24.2 Å². The second kappa shape index (κ2) is 5.65. The van der Waals surface area contributed by atoms with Gasteiger partial charge in [0.15, 0.2) is 0 Å². The van der Waals surface area contributed by atoms with Crippen LogP contribution in [0.2, 0.25) is 5.02 Å². The van der Waals surface area contributed by atoms with Gasteiger partial charge in [0.25, 0.3) is 0 Å². The molecule has 1 aromatic carbocycles. The van der Waals surface area contributed by atoms with Crippen molar-refractivity contribution in [2.24, 2.45) is 7.05 Å². The summed E-state index contributed by atoms with van der Waals surface area (Å²) in [6, 6.07) is 6.43. The minimum Gasteiger partial charge on any atom is -0.273 e. The third kappa shape index (κ3) is 2.95. The fourth-order valence-corrected chi connectivity index (χ4v) is 2.24. The molecule has 0 saturated carbocycles. The molecule has 0 bridgehead atoms. The zero-order chi connectivity index (χ0) is 14.8. The monoisotopic (exact) mass is 305 g/mol. The summed E-state index contributed by atoms with van der Waals surface area (Å²) < 4.78 is 16.6. The fraction of sp³-hybridized carbons (Fsp3) is 0.214. The number of halogens is 2. The molecule has 0 aliphatic carbocycles. The van der Waals surface area contributed by atoms with Gasteiger partial charge < -0.3 is 0 Å². The predicted molar refractivity (Wildman–Crippen MR) is 76.9 cm³/mol. The van der Waals surface area contributed by atoms with E-state index in [-0.39, 0.29) is 5.02 Å². The van der Waals surface area contributed by atoms with Crippen LogP contribution in [0.15, 0.2) is 36.7 Å². The maximum absolute atomic E-state index is 13.1. The van der Waals surface area contributed by atoms with Crippen molar-refractivity contribution < 1.29 is 4.39 Å². The molecule has 0 aliphatic heterocycles. The molecule has 3 aromatic rings. The van der Waals surface area contributed by atoms with Crippen molar-refractivity contribution in [1.82, 2.24) is 24.8 Å². The Morgan fingerprint density at radius 2 is 2.10 bits per heavy atom. The number of aryl methyl sites for hydroxylation is 3. The van der Waals surface area contributed by atoms with Gasteiger partial charge in [0.05, 0.1) is 22.6 Å². The first-order chi connectivity index (χ1) is 10.1. The molecule has 0 unspecified atom stereocenters. The van der Waals surface area contributed by atoms with Crippen molar-refractivity contribution in [3.8, 4) is 5.69 Å². The van der Waals surface area contributed by atoms with Gasteiger partial charge in [-0.05, 0) is 37.1 Å². The first-order valence-corrected chi connectivity index (χ1v) is 6.85. The van der Waals surface area contributed by atoms with E-state index in [9.17, 15) is 4.39 Å². The molecule has 0 aliphatic rings. The molecule has 21 heavy (non-hydrogen) atoms. The lowest BCUT2D eigenvalue weighted by molar-refractivity contribution is 0.627. The highest BCUT2D eigenvalue weighted by atomic mass is 35.5. The summed E-state index contributed by atoms with van der Waals surface area (Å²) in [6.45, 7) is 0. The van der Waals surface area contributed by atoms with Crippen LogP contribution < -0.4 is 0 Å². The predicted octanol–water partition coefficient (Wildman–Crippen LogP) is 2.58. The molecule has 0 atom stereocenters. The van der Waals surface area contributed by atoms with Gasteiger partial charge in [-0.25, -0.2) is 9.07 Å². The average Bonchev–Trinajstić information content (AvgIpc) is 3.09. The maximum atomic E-state index is 13.1. The van der Waals surface area contributed by atoms with Gasteiger partial charge in [-0.1, -0.05) is 16.8 Å². The molecule has 2 heterocycles. The fourth-order valence-electron chi connectivity index (χ4n) is 2.07. The third-order valence-corrected chi connectivity index (χ3v) is 3.56. The van der Waals surface area contributed by atoms with E-state index in [2.05, 4.69) is 15.4 Å². The Bertz CT molecular complexity index is 764. The van der Waals surface area contributed by atoms with Crippen molar-refractivity contribution in [1.29, 1.82) is 0 Å². The minimum atomic E-state index is -0.447. The molecule has 0 amide bonds. The van der Waals surface area contributed by atoms with Crippen LogP contribution in [-0.4, -0.2) is 24.8 Å². The molecule has 5 nitrogen and oxygen atoms in total. The van der Waals surface area contributed by atoms with Gasteiger partial charge in [0.2, 0.25) is 0 Å². The van der Waals surface area contributed by atoms with Crippen LogP contribution in [0, 0.1) is 5.82 Å². The second-order valence-corrected chi connectivity index (χ2v) is 5.11. The summed E-state index contributed by atoms with van der Waals surface area (Å²) >= 11 is 5.77. The third-order valence-electron chi connectivity index (χ3n) is 3.27. The van der Waals surface area contributed by atoms with Crippen LogP contribution in [0.4, 0.5) is 4.39 Å². The highest BCUT2D eigenvalue weighted by Gasteiger charge is 2.07. The average molecular weight is 306 g/mol. The van der Waals surface area contributed by atoms with Crippen LogP contribution in [0.5, 0.6) is 0 Å². The summed E-state index contributed by atoms with van der Waals surface area (Å²) in [5, 5.41) is 12.4. The smallest absolute Gasteiger partial charge is 0.141 e. The number of aromatic nitrogens is 5. The highest BCUT2D eigenvalue weighted by molar-refractivity contribution is 6.30. The number of rotatable bonds is 4. The molecule has 0 fully saturated rings. The van der Waals surface area contributed by atoms with Gasteiger partial charge >= 0.3 is 0 Å². The number of hydrogen-bond donors (Lipinski definition) is 0. The summed E-state index contributed by atoms with van der Waals surface area (Å²) in [7, 11) is 1.91. The Hall–Kier alpha value is -2.21. The van der Waals surface area contributed by atoms with Crippen LogP contribution in [0.1, 0.15) is 11.4 Å². The van der Waals surface area contributed by atoms with Crippen molar-refractivity contribution in [3.05, 3.63) is 58.9 Å². The van der Waals surface area contributed by atoms with Gasteiger partial charge in [-0.3, -0.25) is 4.68 Å². The highest BCUT2D eigenvalue weighted by Crippen LogP contribution is 2.18. The molecular weight excluding hydrogens is 293 g/mol. The van der Waals surface area contributed by atoms with E-state index in [1.165, 1.54) is 12.1 Å². The van der Waals surface area contributed by atoms with Crippen LogP contribution in [-0.2, 0) is 19.9 Å². The Labute approximate surface area is 126 Å². The molecule has 0 saturated heterocycles. The quantitative estimate of drug-likeness (QED) is 0.744. The lowest BCUT2D eigenvalue weighted by Crippen LogP contribution is -2.00. The van der Waals surface area contributed by atoms with Crippen molar-refractivity contribution >= 4 is 11.6 Å². The molecule has 0 radical (unpaired) electrons. The maximum Gasteiger partial charge on any atom is 0.141 e. The van der Waals surface area contributed by atoms with E-state index in [1.807, 2.05) is 24.0 Å². The Morgan fingerprint density at radius 3 is 2.81 bits per heavy atom. The minimum absolute atomic E-state index is 0.0689. The lowest BCUT2D eigenvalue weighted by atomic mass is 10.2. The summed E-state index contributed by atoms with van der Waals surface area (Å²) in [5.74, 6) is -0.447. The molecule has 3 rings (SSSR count). The SMILES string of the molecule is Cn1nccc1CCc1cn(-c2ccc(F)c(Cl)c2)nn1.